The summed E-state index contributed by atoms with van der Waals surface area (Å²) in [7, 11) is 1.59. The highest BCUT2D eigenvalue weighted by Crippen LogP contribution is 2.28. The maximum absolute atomic E-state index is 5.95. The van der Waals surface area contributed by atoms with Gasteiger partial charge in [-0.15, -0.1) is 0 Å². The molecule has 0 saturated carbocycles. The van der Waals surface area contributed by atoms with Crippen molar-refractivity contribution in [1.29, 1.82) is 0 Å². The number of halogens is 1. The Morgan fingerprint density at radius 2 is 2.23 bits per heavy atom. The molecular formula is C10H8ClNO. The van der Waals surface area contributed by atoms with E-state index in [1.165, 1.54) is 0 Å². The zero-order valence-electron chi connectivity index (χ0n) is 7.12. The molecule has 0 saturated heterocycles. The fraction of sp³-hybridized carbons (Fsp3) is 0.100. The van der Waals surface area contributed by atoms with E-state index in [9.17, 15) is 0 Å². The van der Waals surface area contributed by atoms with Crippen LogP contribution in [0.3, 0.4) is 0 Å². The van der Waals surface area contributed by atoms with E-state index in [1.807, 2.05) is 24.3 Å². The third-order valence-electron chi connectivity index (χ3n) is 1.88. The summed E-state index contributed by atoms with van der Waals surface area (Å²) < 4.78 is 5.08. The van der Waals surface area contributed by atoms with Crippen molar-refractivity contribution in [3.05, 3.63) is 35.5 Å². The fourth-order valence-corrected chi connectivity index (χ4v) is 1.48. The summed E-state index contributed by atoms with van der Waals surface area (Å²) in [6.45, 7) is 0. The van der Waals surface area contributed by atoms with Gasteiger partial charge in [-0.05, 0) is 12.1 Å². The van der Waals surface area contributed by atoms with E-state index in [2.05, 4.69) is 4.98 Å². The van der Waals surface area contributed by atoms with Crippen molar-refractivity contribution in [3.63, 3.8) is 0 Å². The zero-order valence-corrected chi connectivity index (χ0v) is 7.88. The first kappa shape index (κ1) is 8.32. The van der Waals surface area contributed by atoms with Crippen LogP contribution in [0, 0.1) is 0 Å². The van der Waals surface area contributed by atoms with Gasteiger partial charge in [-0.2, -0.15) is 0 Å². The van der Waals surface area contributed by atoms with E-state index in [-0.39, 0.29) is 0 Å². The summed E-state index contributed by atoms with van der Waals surface area (Å²) in [6, 6.07) is 7.53. The van der Waals surface area contributed by atoms with E-state index in [0.717, 1.165) is 10.9 Å². The molecule has 0 aliphatic carbocycles. The smallest absolute Gasteiger partial charge is 0.139 e. The number of methoxy groups -OCH3 is 1. The summed E-state index contributed by atoms with van der Waals surface area (Å²) in [5, 5.41) is 1.64. The average molecular weight is 194 g/mol. The quantitative estimate of drug-likeness (QED) is 0.695. The Labute approximate surface area is 81.1 Å². The molecule has 0 fully saturated rings. The molecule has 0 amide bonds. The highest BCUT2D eigenvalue weighted by atomic mass is 35.5. The van der Waals surface area contributed by atoms with Gasteiger partial charge in [0.05, 0.1) is 17.6 Å². The number of pyridine rings is 1. The minimum Gasteiger partial charge on any atom is -0.495 e. The highest BCUT2D eigenvalue weighted by molar-refractivity contribution is 6.32. The lowest BCUT2D eigenvalue weighted by atomic mass is 10.2. The van der Waals surface area contributed by atoms with E-state index in [4.69, 9.17) is 16.3 Å². The number of hydrogen-bond donors (Lipinski definition) is 0. The van der Waals surface area contributed by atoms with Gasteiger partial charge in [0.2, 0.25) is 0 Å². The molecule has 1 aromatic carbocycles. The third-order valence-corrected chi connectivity index (χ3v) is 2.17. The molecule has 2 nitrogen and oxygen atoms in total. The molecule has 0 unspecified atom stereocenters. The third kappa shape index (κ3) is 1.45. The lowest BCUT2D eigenvalue weighted by Gasteiger charge is -2.03. The van der Waals surface area contributed by atoms with Crippen molar-refractivity contribution in [2.75, 3.05) is 7.11 Å². The van der Waals surface area contributed by atoms with Gasteiger partial charge in [0.15, 0.2) is 0 Å². The Morgan fingerprint density at radius 3 is 3.00 bits per heavy atom. The van der Waals surface area contributed by atoms with Crippen LogP contribution in [0.15, 0.2) is 30.5 Å². The summed E-state index contributed by atoms with van der Waals surface area (Å²) in [5.41, 5.74) is 0.892. The molecule has 0 N–H and O–H groups in total. The van der Waals surface area contributed by atoms with Gasteiger partial charge in [-0.3, -0.25) is 4.98 Å². The van der Waals surface area contributed by atoms with Crippen molar-refractivity contribution in [1.82, 2.24) is 4.98 Å². The van der Waals surface area contributed by atoms with Crippen molar-refractivity contribution in [2.24, 2.45) is 0 Å². The van der Waals surface area contributed by atoms with Gasteiger partial charge >= 0.3 is 0 Å². The van der Waals surface area contributed by atoms with E-state index < -0.39 is 0 Å². The van der Waals surface area contributed by atoms with Crippen LogP contribution >= 0.6 is 11.6 Å². The maximum atomic E-state index is 5.95. The monoisotopic (exact) mass is 193 g/mol. The molecular weight excluding hydrogens is 186 g/mol. The van der Waals surface area contributed by atoms with Crippen LogP contribution in [0.4, 0.5) is 0 Å². The van der Waals surface area contributed by atoms with Crippen LogP contribution in [-0.4, -0.2) is 12.1 Å². The molecule has 0 radical (unpaired) electrons. The largest absolute Gasteiger partial charge is 0.495 e. The van der Waals surface area contributed by atoms with E-state index >= 15 is 0 Å². The van der Waals surface area contributed by atoms with Crippen molar-refractivity contribution >= 4 is 22.5 Å². The molecule has 3 heteroatoms. The van der Waals surface area contributed by atoms with Crippen LogP contribution in [0.2, 0.25) is 5.02 Å². The van der Waals surface area contributed by atoms with Gasteiger partial charge in [-0.1, -0.05) is 17.7 Å². The lowest BCUT2D eigenvalue weighted by molar-refractivity contribution is 0.415. The molecule has 13 heavy (non-hydrogen) atoms. The first-order valence-electron chi connectivity index (χ1n) is 3.89. The summed E-state index contributed by atoms with van der Waals surface area (Å²) in [5.74, 6) is 0.660. The van der Waals surface area contributed by atoms with Crippen LogP contribution in [0.1, 0.15) is 0 Å². The average Bonchev–Trinajstić information content (AvgIpc) is 2.17. The molecule has 2 rings (SSSR count). The topological polar surface area (TPSA) is 22.1 Å². The number of benzene rings is 1. The summed E-state index contributed by atoms with van der Waals surface area (Å²) >= 11 is 5.95. The molecule has 0 aliphatic rings. The number of aromatic nitrogens is 1. The van der Waals surface area contributed by atoms with Gasteiger partial charge in [-0.25, -0.2) is 0 Å². The minimum atomic E-state index is 0.614. The predicted octanol–water partition coefficient (Wildman–Crippen LogP) is 2.90. The Bertz CT molecular complexity index is 442. The van der Waals surface area contributed by atoms with Gasteiger partial charge in [0.25, 0.3) is 0 Å². The molecule has 1 aromatic heterocycles. The number of fused-ring (bicyclic) bond motifs is 1. The maximum Gasteiger partial charge on any atom is 0.139 e. The van der Waals surface area contributed by atoms with Crippen molar-refractivity contribution < 1.29 is 4.74 Å². The Morgan fingerprint density at radius 1 is 1.38 bits per heavy atom. The van der Waals surface area contributed by atoms with Crippen LogP contribution in [0.25, 0.3) is 10.9 Å². The molecule has 2 aromatic rings. The van der Waals surface area contributed by atoms with Crippen LogP contribution in [0.5, 0.6) is 5.75 Å². The first-order valence-corrected chi connectivity index (χ1v) is 4.27. The normalized spacial score (nSPS) is 10.3. The standard InChI is InChI=1S/C10H8ClNO/c1-13-10-6-9-7(5-8(10)11)3-2-4-12-9/h2-6H,1H3. The Hall–Kier alpha value is -1.28. The molecule has 66 valence electrons. The Balaban J connectivity index is 2.74. The second-order valence-electron chi connectivity index (χ2n) is 2.68. The molecule has 0 bridgehead atoms. The van der Waals surface area contributed by atoms with Gasteiger partial charge in [0, 0.05) is 17.6 Å². The molecule has 0 spiro atoms. The Kier molecular flexibility index (Phi) is 2.07. The molecule has 0 atom stereocenters. The number of rotatable bonds is 1. The minimum absolute atomic E-state index is 0.614. The van der Waals surface area contributed by atoms with Crippen molar-refractivity contribution in [3.8, 4) is 5.75 Å². The fourth-order valence-electron chi connectivity index (χ4n) is 1.23. The second kappa shape index (κ2) is 3.23. The first-order chi connectivity index (χ1) is 6.31. The lowest BCUT2D eigenvalue weighted by Crippen LogP contribution is -1.85. The SMILES string of the molecule is COc1cc2ncccc2cc1Cl. The second-order valence-corrected chi connectivity index (χ2v) is 3.09. The summed E-state index contributed by atoms with van der Waals surface area (Å²) in [4.78, 5) is 4.19. The van der Waals surface area contributed by atoms with Gasteiger partial charge < -0.3 is 4.74 Å². The summed E-state index contributed by atoms with van der Waals surface area (Å²) in [6.07, 6.45) is 1.75. The van der Waals surface area contributed by atoms with Crippen LogP contribution in [-0.2, 0) is 0 Å². The van der Waals surface area contributed by atoms with Crippen LogP contribution < -0.4 is 4.74 Å². The zero-order chi connectivity index (χ0) is 9.26. The number of hydrogen-bond acceptors (Lipinski definition) is 2. The van der Waals surface area contributed by atoms with Gasteiger partial charge in [0.1, 0.15) is 5.75 Å². The number of nitrogens with zero attached hydrogens (tertiary/aromatic N) is 1. The molecule has 0 aliphatic heterocycles. The molecule has 1 heterocycles. The highest BCUT2D eigenvalue weighted by Gasteiger charge is 2.02. The number of ether oxygens (including phenoxy) is 1. The van der Waals surface area contributed by atoms with Crippen molar-refractivity contribution in [2.45, 2.75) is 0 Å². The van der Waals surface area contributed by atoms with E-state index in [1.54, 1.807) is 13.3 Å². The van der Waals surface area contributed by atoms with E-state index in [0.29, 0.717) is 10.8 Å². The predicted molar refractivity (Wildman–Crippen MR) is 53.3 cm³/mol.